The van der Waals surface area contributed by atoms with Crippen LogP contribution in [0.1, 0.15) is 25.5 Å². The fourth-order valence-corrected chi connectivity index (χ4v) is 2.53. The van der Waals surface area contributed by atoms with Gasteiger partial charge in [-0.1, -0.05) is 37.3 Å². The molecule has 128 valence electrons. The second-order valence-corrected chi connectivity index (χ2v) is 5.81. The molecule has 6 nitrogen and oxygen atoms in total. The topological polar surface area (TPSA) is 64.4 Å². The van der Waals surface area contributed by atoms with E-state index in [1.54, 1.807) is 35.1 Å². The molecule has 0 spiro atoms. The summed E-state index contributed by atoms with van der Waals surface area (Å²) in [7, 11) is 1.36. The molecule has 0 unspecified atom stereocenters. The van der Waals surface area contributed by atoms with Gasteiger partial charge in [0.2, 0.25) is 5.91 Å². The number of amides is 1. The SMILES string of the molecule is COC(=O)[C@@H](C)CN(Cc1ccccc1)C(=O)[C@H](C)n1ccnc1. The number of rotatable bonds is 7. The minimum absolute atomic E-state index is 0.0624. The second-order valence-electron chi connectivity index (χ2n) is 5.81. The maximum atomic E-state index is 12.9. The number of carbonyl (C=O) groups is 2. The van der Waals surface area contributed by atoms with Gasteiger partial charge >= 0.3 is 5.97 Å². The lowest BCUT2D eigenvalue weighted by Gasteiger charge is -2.28. The lowest BCUT2D eigenvalue weighted by atomic mass is 10.1. The van der Waals surface area contributed by atoms with Crippen LogP contribution in [0.15, 0.2) is 49.1 Å². The van der Waals surface area contributed by atoms with E-state index < -0.39 is 5.92 Å². The van der Waals surface area contributed by atoms with Gasteiger partial charge in [-0.25, -0.2) is 4.98 Å². The van der Waals surface area contributed by atoms with E-state index in [0.29, 0.717) is 13.1 Å². The van der Waals surface area contributed by atoms with Crippen LogP contribution in [-0.2, 0) is 20.9 Å². The Balaban J connectivity index is 2.17. The Morgan fingerprint density at radius 3 is 2.54 bits per heavy atom. The van der Waals surface area contributed by atoms with Crippen molar-refractivity contribution in [1.82, 2.24) is 14.5 Å². The molecule has 0 fully saturated rings. The largest absolute Gasteiger partial charge is 0.469 e. The highest BCUT2D eigenvalue weighted by atomic mass is 16.5. The van der Waals surface area contributed by atoms with E-state index in [1.807, 2.05) is 37.3 Å². The van der Waals surface area contributed by atoms with Gasteiger partial charge in [0.05, 0.1) is 19.4 Å². The molecule has 0 aliphatic heterocycles. The standard InChI is InChI=1S/C18H23N3O3/c1-14(18(23)24-3)11-21(12-16-7-5-4-6-8-16)17(22)15(2)20-10-9-19-13-20/h4-10,13-15H,11-12H2,1-3H3/t14-,15-/m0/s1. The Morgan fingerprint density at radius 2 is 1.96 bits per heavy atom. The number of aromatic nitrogens is 2. The van der Waals surface area contributed by atoms with E-state index in [0.717, 1.165) is 5.56 Å². The molecule has 0 bridgehead atoms. The van der Waals surface area contributed by atoms with Gasteiger partial charge in [-0.15, -0.1) is 0 Å². The molecule has 6 heteroatoms. The minimum Gasteiger partial charge on any atom is -0.469 e. The summed E-state index contributed by atoms with van der Waals surface area (Å²) in [6.07, 6.45) is 5.02. The zero-order valence-corrected chi connectivity index (χ0v) is 14.3. The first-order valence-corrected chi connectivity index (χ1v) is 7.91. The Bertz CT molecular complexity index is 655. The number of nitrogens with zero attached hydrogens (tertiary/aromatic N) is 3. The van der Waals surface area contributed by atoms with Gasteiger partial charge < -0.3 is 14.2 Å². The summed E-state index contributed by atoms with van der Waals surface area (Å²) in [5.41, 5.74) is 1.01. The van der Waals surface area contributed by atoms with Gasteiger partial charge in [-0.3, -0.25) is 9.59 Å². The Hall–Kier alpha value is -2.63. The molecule has 0 saturated carbocycles. The first-order chi connectivity index (χ1) is 11.5. The zero-order valence-electron chi connectivity index (χ0n) is 14.3. The molecule has 2 atom stereocenters. The van der Waals surface area contributed by atoms with Gasteiger partial charge in [0.25, 0.3) is 0 Å². The van der Waals surface area contributed by atoms with Crippen LogP contribution in [0.25, 0.3) is 0 Å². The van der Waals surface area contributed by atoms with Crippen LogP contribution >= 0.6 is 0 Å². The maximum absolute atomic E-state index is 12.9. The van der Waals surface area contributed by atoms with Crippen molar-refractivity contribution in [3.63, 3.8) is 0 Å². The average Bonchev–Trinajstić information content (AvgIpc) is 3.14. The number of carbonyl (C=O) groups excluding carboxylic acids is 2. The third kappa shape index (κ3) is 4.44. The molecular weight excluding hydrogens is 306 g/mol. The number of imidazole rings is 1. The van der Waals surface area contributed by atoms with E-state index >= 15 is 0 Å². The van der Waals surface area contributed by atoms with Crippen LogP contribution in [-0.4, -0.2) is 40.0 Å². The van der Waals surface area contributed by atoms with Crippen LogP contribution in [0.2, 0.25) is 0 Å². The van der Waals surface area contributed by atoms with Crippen LogP contribution in [0.5, 0.6) is 0 Å². The maximum Gasteiger partial charge on any atom is 0.310 e. The van der Waals surface area contributed by atoms with Crippen molar-refractivity contribution in [3.05, 3.63) is 54.6 Å². The lowest BCUT2D eigenvalue weighted by Crippen LogP contribution is -2.40. The zero-order chi connectivity index (χ0) is 17.5. The average molecular weight is 329 g/mol. The molecule has 1 aromatic heterocycles. The molecule has 1 heterocycles. The number of hydrogen-bond acceptors (Lipinski definition) is 4. The van der Waals surface area contributed by atoms with Gasteiger partial charge in [0.1, 0.15) is 6.04 Å². The molecule has 1 amide bonds. The number of ether oxygens (including phenoxy) is 1. The summed E-state index contributed by atoms with van der Waals surface area (Å²) < 4.78 is 6.54. The fourth-order valence-electron chi connectivity index (χ4n) is 2.53. The molecule has 0 radical (unpaired) electrons. The van der Waals surface area contributed by atoms with Crippen molar-refractivity contribution in [2.75, 3.05) is 13.7 Å². The number of methoxy groups -OCH3 is 1. The van der Waals surface area contributed by atoms with E-state index in [4.69, 9.17) is 4.74 Å². The molecule has 2 aromatic rings. The Kier molecular flexibility index (Phi) is 6.12. The third-order valence-corrected chi connectivity index (χ3v) is 3.96. The monoisotopic (exact) mass is 329 g/mol. The third-order valence-electron chi connectivity index (χ3n) is 3.96. The summed E-state index contributed by atoms with van der Waals surface area (Å²) >= 11 is 0. The molecular formula is C18H23N3O3. The first kappa shape index (κ1) is 17.7. The second kappa shape index (κ2) is 8.29. The van der Waals surface area contributed by atoms with E-state index in [1.165, 1.54) is 7.11 Å². The van der Waals surface area contributed by atoms with Gasteiger partial charge in [0, 0.05) is 25.5 Å². The molecule has 0 aliphatic rings. The molecule has 24 heavy (non-hydrogen) atoms. The summed E-state index contributed by atoms with van der Waals surface area (Å²) in [4.78, 5) is 30.3. The van der Waals surface area contributed by atoms with Gasteiger partial charge in [-0.05, 0) is 12.5 Å². The molecule has 0 N–H and O–H groups in total. The number of benzene rings is 1. The van der Waals surface area contributed by atoms with Crippen molar-refractivity contribution in [1.29, 1.82) is 0 Å². The first-order valence-electron chi connectivity index (χ1n) is 7.91. The molecule has 2 rings (SSSR count). The molecule has 0 aliphatic carbocycles. The predicted molar refractivity (Wildman–Crippen MR) is 90.0 cm³/mol. The molecule has 1 aromatic carbocycles. The quantitative estimate of drug-likeness (QED) is 0.731. The van der Waals surface area contributed by atoms with Crippen LogP contribution in [0.4, 0.5) is 0 Å². The van der Waals surface area contributed by atoms with Crippen molar-refractivity contribution < 1.29 is 14.3 Å². The van der Waals surface area contributed by atoms with Crippen molar-refractivity contribution in [2.24, 2.45) is 5.92 Å². The molecule has 0 saturated heterocycles. The lowest BCUT2D eigenvalue weighted by molar-refractivity contribution is -0.147. The normalized spacial score (nSPS) is 13.1. The highest BCUT2D eigenvalue weighted by Crippen LogP contribution is 2.15. The van der Waals surface area contributed by atoms with E-state index in [-0.39, 0.29) is 17.9 Å². The Labute approximate surface area is 142 Å². The number of hydrogen-bond donors (Lipinski definition) is 0. The van der Waals surface area contributed by atoms with E-state index in [9.17, 15) is 9.59 Å². The fraction of sp³-hybridized carbons (Fsp3) is 0.389. The highest BCUT2D eigenvalue weighted by molar-refractivity contribution is 5.81. The smallest absolute Gasteiger partial charge is 0.310 e. The Morgan fingerprint density at radius 1 is 1.25 bits per heavy atom. The van der Waals surface area contributed by atoms with Crippen LogP contribution < -0.4 is 0 Å². The predicted octanol–water partition coefficient (Wildman–Crippen LogP) is 2.28. The van der Waals surface area contributed by atoms with Crippen molar-refractivity contribution >= 4 is 11.9 Å². The number of esters is 1. The summed E-state index contributed by atoms with van der Waals surface area (Å²) in [5.74, 6) is -0.776. The van der Waals surface area contributed by atoms with E-state index in [2.05, 4.69) is 4.98 Å². The summed E-state index contributed by atoms with van der Waals surface area (Å²) in [5, 5.41) is 0. The van der Waals surface area contributed by atoms with Gasteiger partial charge in [0.15, 0.2) is 0 Å². The summed E-state index contributed by atoms with van der Waals surface area (Å²) in [6, 6.07) is 9.33. The van der Waals surface area contributed by atoms with Crippen molar-refractivity contribution in [2.45, 2.75) is 26.4 Å². The van der Waals surface area contributed by atoms with Gasteiger partial charge in [-0.2, -0.15) is 0 Å². The minimum atomic E-state index is -0.391. The summed E-state index contributed by atoms with van der Waals surface area (Å²) in [6.45, 7) is 4.34. The van der Waals surface area contributed by atoms with Crippen LogP contribution in [0, 0.1) is 5.92 Å². The van der Waals surface area contributed by atoms with Crippen LogP contribution in [0.3, 0.4) is 0 Å². The van der Waals surface area contributed by atoms with Crippen molar-refractivity contribution in [3.8, 4) is 0 Å². The highest BCUT2D eigenvalue weighted by Gasteiger charge is 2.26.